The Hall–Kier alpha value is -2.24. The van der Waals surface area contributed by atoms with Crippen molar-refractivity contribution in [3.63, 3.8) is 0 Å². The van der Waals surface area contributed by atoms with E-state index in [1.54, 1.807) is 18.2 Å². The minimum atomic E-state index is -0.393. The molecule has 0 bridgehead atoms. The van der Waals surface area contributed by atoms with Crippen LogP contribution in [0.4, 0.5) is 4.39 Å². The maximum atomic E-state index is 13.6. The number of hydrogen-bond donors (Lipinski definition) is 1. The van der Waals surface area contributed by atoms with Gasteiger partial charge in [-0.1, -0.05) is 31.1 Å². The number of nitrogens with zero attached hydrogens (tertiary/aromatic N) is 2. The molecule has 1 N–H and O–H groups in total. The van der Waals surface area contributed by atoms with Crippen LogP contribution in [0, 0.1) is 11.7 Å². The van der Waals surface area contributed by atoms with Crippen LogP contribution < -0.4 is 5.32 Å². The molecular weight excluding hydrogens is 273 g/mol. The molecule has 6 heteroatoms. The first-order valence-electron chi connectivity index (χ1n) is 6.90. The molecule has 0 atom stereocenters. The zero-order valence-electron chi connectivity index (χ0n) is 12.1. The summed E-state index contributed by atoms with van der Waals surface area (Å²) in [6, 6.07) is 6.25. The average Bonchev–Trinajstić information content (AvgIpc) is 2.87. The van der Waals surface area contributed by atoms with E-state index in [1.807, 2.05) is 13.8 Å². The predicted molar refractivity (Wildman–Crippen MR) is 75.9 cm³/mol. The Bertz CT molecular complexity index is 610. The molecule has 1 amide bonds. The van der Waals surface area contributed by atoms with E-state index in [0.717, 1.165) is 0 Å². The van der Waals surface area contributed by atoms with E-state index in [4.69, 9.17) is 4.52 Å². The molecule has 21 heavy (non-hydrogen) atoms. The van der Waals surface area contributed by atoms with Crippen molar-refractivity contribution in [3.05, 3.63) is 36.0 Å². The van der Waals surface area contributed by atoms with E-state index < -0.39 is 5.82 Å². The minimum absolute atomic E-state index is 0.00107. The third-order valence-electron chi connectivity index (χ3n) is 2.84. The van der Waals surface area contributed by atoms with Gasteiger partial charge in [0.2, 0.25) is 17.6 Å². The lowest BCUT2D eigenvalue weighted by Crippen LogP contribution is -2.26. The summed E-state index contributed by atoms with van der Waals surface area (Å²) in [5.41, 5.74) is 0.302. The Kier molecular flexibility index (Phi) is 5.03. The lowest BCUT2D eigenvalue weighted by molar-refractivity contribution is -0.121. The van der Waals surface area contributed by atoms with Crippen LogP contribution in [0.3, 0.4) is 0 Å². The third kappa shape index (κ3) is 4.37. The second kappa shape index (κ2) is 6.97. The van der Waals surface area contributed by atoms with Gasteiger partial charge >= 0.3 is 0 Å². The van der Waals surface area contributed by atoms with Gasteiger partial charge < -0.3 is 9.84 Å². The van der Waals surface area contributed by atoms with Crippen molar-refractivity contribution in [2.75, 3.05) is 6.54 Å². The van der Waals surface area contributed by atoms with Crippen LogP contribution in [-0.4, -0.2) is 22.6 Å². The van der Waals surface area contributed by atoms with Gasteiger partial charge in [-0.15, -0.1) is 0 Å². The van der Waals surface area contributed by atoms with Gasteiger partial charge in [0.25, 0.3) is 0 Å². The Morgan fingerprint density at radius 2 is 2.14 bits per heavy atom. The van der Waals surface area contributed by atoms with Gasteiger partial charge in [0.1, 0.15) is 5.82 Å². The standard InChI is InChI=1S/C15H18FN3O2/c1-10(2)9-13(20)17-8-7-14-18-15(19-21-14)11-5-3-4-6-12(11)16/h3-6,10H,7-9H2,1-2H3,(H,17,20). The van der Waals surface area contributed by atoms with E-state index in [2.05, 4.69) is 15.5 Å². The van der Waals surface area contributed by atoms with Crippen LogP contribution >= 0.6 is 0 Å². The topological polar surface area (TPSA) is 68.0 Å². The molecule has 2 aromatic rings. The van der Waals surface area contributed by atoms with E-state index in [0.29, 0.717) is 36.8 Å². The first-order valence-corrected chi connectivity index (χ1v) is 6.90. The van der Waals surface area contributed by atoms with E-state index >= 15 is 0 Å². The molecule has 0 unspecified atom stereocenters. The number of carbonyl (C=O) groups excluding carboxylic acids is 1. The summed E-state index contributed by atoms with van der Waals surface area (Å²) < 4.78 is 18.6. The van der Waals surface area contributed by atoms with Crippen LogP contribution in [0.1, 0.15) is 26.2 Å². The van der Waals surface area contributed by atoms with Crippen molar-refractivity contribution in [3.8, 4) is 11.4 Å². The van der Waals surface area contributed by atoms with Crippen LogP contribution in [0.15, 0.2) is 28.8 Å². The molecule has 0 aliphatic rings. The largest absolute Gasteiger partial charge is 0.356 e. The van der Waals surface area contributed by atoms with Crippen LogP contribution in [0.25, 0.3) is 11.4 Å². The van der Waals surface area contributed by atoms with Crippen molar-refractivity contribution >= 4 is 5.91 Å². The van der Waals surface area contributed by atoms with E-state index in [9.17, 15) is 9.18 Å². The number of benzene rings is 1. The molecule has 0 saturated carbocycles. The minimum Gasteiger partial charge on any atom is -0.356 e. The Morgan fingerprint density at radius 3 is 2.86 bits per heavy atom. The number of halogens is 1. The molecular formula is C15H18FN3O2. The molecule has 1 aromatic carbocycles. The Balaban J connectivity index is 1.89. The molecule has 1 aromatic heterocycles. The molecule has 0 aliphatic heterocycles. The van der Waals surface area contributed by atoms with Gasteiger partial charge in [-0.3, -0.25) is 4.79 Å². The van der Waals surface area contributed by atoms with Gasteiger partial charge in [0, 0.05) is 19.4 Å². The SMILES string of the molecule is CC(C)CC(=O)NCCc1nc(-c2ccccc2F)no1. The summed E-state index contributed by atoms with van der Waals surface area (Å²) in [5.74, 6) is 0.518. The Labute approximate surface area is 122 Å². The summed E-state index contributed by atoms with van der Waals surface area (Å²) in [5, 5.41) is 6.54. The molecule has 1 heterocycles. The third-order valence-corrected chi connectivity index (χ3v) is 2.84. The number of carbonyl (C=O) groups is 1. The molecule has 0 fully saturated rings. The van der Waals surface area contributed by atoms with Crippen LogP contribution in [0.5, 0.6) is 0 Å². The molecule has 0 aliphatic carbocycles. The molecule has 112 valence electrons. The molecule has 0 saturated heterocycles. The summed E-state index contributed by atoms with van der Waals surface area (Å²) in [7, 11) is 0. The van der Waals surface area contributed by atoms with Crippen molar-refractivity contribution in [1.29, 1.82) is 0 Å². The maximum Gasteiger partial charge on any atom is 0.228 e. The first kappa shape index (κ1) is 15.2. The predicted octanol–water partition coefficient (Wildman–Crippen LogP) is 2.58. The van der Waals surface area contributed by atoms with Crippen molar-refractivity contribution < 1.29 is 13.7 Å². The lowest BCUT2D eigenvalue weighted by Gasteiger charge is -2.05. The fraction of sp³-hybridized carbons (Fsp3) is 0.400. The van der Waals surface area contributed by atoms with Gasteiger partial charge in [0.05, 0.1) is 5.56 Å². The summed E-state index contributed by atoms with van der Waals surface area (Å²) in [6.07, 6.45) is 0.912. The monoisotopic (exact) mass is 291 g/mol. The second-order valence-corrected chi connectivity index (χ2v) is 5.19. The summed E-state index contributed by atoms with van der Waals surface area (Å²) >= 11 is 0. The fourth-order valence-electron chi connectivity index (χ4n) is 1.86. The molecule has 2 rings (SSSR count). The highest BCUT2D eigenvalue weighted by molar-refractivity contribution is 5.76. The fourth-order valence-corrected chi connectivity index (χ4v) is 1.86. The quantitative estimate of drug-likeness (QED) is 0.888. The lowest BCUT2D eigenvalue weighted by atomic mass is 10.1. The van der Waals surface area contributed by atoms with E-state index in [-0.39, 0.29) is 11.7 Å². The van der Waals surface area contributed by atoms with Crippen molar-refractivity contribution in [1.82, 2.24) is 15.5 Å². The molecule has 0 radical (unpaired) electrons. The smallest absolute Gasteiger partial charge is 0.228 e. The molecule has 5 nitrogen and oxygen atoms in total. The highest BCUT2D eigenvalue weighted by atomic mass is 19.1. The number of aromatic nitrogens is 2. The van der Waals surface area contributed by atoms with Gasteiger partial charge in [-0.2, -0.15) is 4.98 Å². The number of hydrogen-bond acceptors (Lipinski definition) is 4. The van der Waals surface area contributed by atoms with Crippen LogP contribution in [-0.2, 0) is 11.2 Å². The zero-order valence-corrected chi connectivity index (χ0v) is 12.1. The highest BCUT2D eigenvalue weighted by Gasteiger charge is 2.12. The summed E-state index contributed by atoms with van der Waals surface area (Å²) in [6.45, 7) is 4.39. The number of amides is 1. The number of nitrogens with one attached hydrogen (secondary N) is 1. The second-order valence-electron chi connectivity index (χ2n) is 5.19. The summed E-state index contributed by atoms with van der Waals surface area (Å²) in [4.78, 5) is 15.6. The van der Waals surface area contributed by atoms with Crippen molar-refractivity contribution in [2.24, 2.45) is 5.92 Å². The average molecular weight is 291 g/mol. The highest BCUT2D eigenvalue weighted by Crippen LogP contribution is 2.19. The van der Waals surface area contributed by atoms with Gasteiger partial charge in [-0.25, -0.2) is 4.39 Å². The van der Waals surface area contributed by atoms with Crippen LogP contribution in [0.2, 0.25) is 0 Å². The van der Waals surface area contributed by atoms with Crippen molar-refractivity contribution in [2.45, 2.75) is 26.7 Å². The molecule has 0 spiro atoms. The number of rotatable bonds is 6. The first-order chi connectivity index (χ1) is 10.1. The Morgan fingerprint density at radius 1 is 1.38 bits per heavy atom. The normalized spacial score (nSPS) is 10.9. The zero-order chi connectivity index (χ0) is 15.2. The van der Waals surface area contributed by atoms with E-state index in [1.165, 1.54) is 6.07 Å². The maximum absolute atomic E-state index is 13.6. The van der Waals surface area contributed by atoms with Gasteiger partial charge in [0.15, 0.2) is 0 Å². The van der Waals surface area contributed by atoms with Gasteiger partial charge in [-0.05, 0) is 18.1 Å².